The highest BCUT2D eigenvalue weighted by atomic mass is 32.1. The maximum Gasteiger partial charge on any atom is 0.134 e. The lowest BCUT2D eigenvalue weighted by Crippen LogP contribution is -2.16. The van der Waals surface area contributed by atoms with E-state index >= 15 is 0 Å². The molecule has 2 rings (SSSR count). The van der Waals surface area contributed by atoms with Gasteiger partial charge in [-0.25, -0.2) is 9.97 Å². The van der Waals surface area contributed by atoms with Gasteiger partial charge in [-0.15, -0.1) is 11.3 Å². The number of hydrogen-bond acceptors (Lipinski definition) is 3. The van der Waals surface area contributed by atoms with Crippen LogP contribution >= 0.6 is 11.3 Å². The van der Waals surface area contributed by atoms with Crippen LogP contribution in [0, 0.1) is 0 Å². The summed E-state index contributed by atoms with van der Waals surface area (Å²) in [5.41, 5.74) is 2.72. The van der Waals surface area contributed by atoms with Crippen molar-refractivity contribution in [3.63, 3.8) is 0 Å². The lowest BCUT2D eigenvalue weighted by Gasteiger charge is -2.20. The summed E-state index contributed by atoms with van der Waals surface area (Å²) in [7, 11) is 0. The summed E-state index contributed by atoms with van der Waals surface area (Å²) < 4.78 is 1.21. The lowest BCUT2D eigenvalue weighted by atomic mass is 9.87. The van der Waals surface area contributed by atoms with Crippen molar-refractivity contribution in [2.24, 2.45) is 0 Å². The van der Waals surface area contributed by atoms with Gasteiger partial charge in [0.25, 0.3) is 0 Å². The summed E-state index contributed by atoms with van der Waals surface area (Å²) in [6.45, 7) is 17.9. The molecule has 3 heteroatoms. The molecule has 110 valence electrons. The van der Waals surface area contributed by atoms with Crippen LogP contribution in [0.1, 0.15) is 77.6 Å². The Balaban J connectivity index is 2.78. The third-order valence-corrected chi connectivity index (χ3v) is 4.95. The molecule has 0 bridgehead atoms. The summed E-state index contributed by atoms with van der Waals surface area (Å²) in [5, 5.41) is 0. The first-order chi connectivity index (χ1) is 9.01. The highest BCUT2D eigenvalue weighted by molar-refractivity contribution is 7.19. The minimum absolute atomic E-state index is 0.00767. The van der Waals surface area contributed by atoms with Gasteiger partial charge in [0.15, 0.2) is 0 Å². The minimum Gasteiger partial charge on any atom is -0.239 e. The maximum atomic E-state index is 4.90. The molecule has 0 aromatic carbocycles. The topological polar surface area (TPSA) is 25.8 Å². The molecule has 0 atom stereocenters. The molecule has 2 heterocycles. The second-order valence-electron chi connectivity index (χ2n) is 7.91. The number of rotatable bonds is 1. The molecule has 0 radical (unpaired) electrons. The van der Waals surface area contributed by atoms with E-state index in [0.29, 0.717) is 5.92 Å². The quantitative estimate of drug-likeness (QED) is 0.701. The van der Waals surface area contributed by atoms with Crippen LogP contribution in [-0.2, 0) is 10.8 Å². The molecule has 0 aliphatic carbocycles. The fraction of sp³-hybridized carbons (Fsp3) is 0.647. The van der Waals surface area contributed by atoms with Crippen molar-refractivity contribution < 1.29 is 0 Å². The van der Waals surface area contributed by atoms with Gasteiger partial charge in [0.05, 0.1) is 10.2 Å². The Labute approximate surface area is 126 Å². The first-order valence-electron chi connectivity index (χ1n) is 7.32. The fourth-order valence-electron chi connectivity index (χ4n) is 2.36. The molecule has 2 nitrogen and oxygen atoms in total. The molecule has 0 saturated carbocycles. The predicted molar refractivity (Wildman–Crippen MR) is 88.9 cm³/mol. The van der Waals surface area contributed by atoms with Gasteiger partial charge in [0.2, 0.25) is 0 Å². The molecule has 2 aromatic rings. The van der Waals surface area contributed by atoms with Crippen molar-refractivity contribution in [3.8, 4) is 0 Å². The second kappa shape index (κ2) is 4.80. The molecule has 0 N–H and O–H groups in total. The average molecular weight is 290 g/mol. The molecule has 0 spiro atoms. The van der Waals surface area contributed by atoms with Gasteiger partial charge < -0.3 is 0 Å². The molecule has 0 fully saturated rings. The molecule has 0 aliphatic heterocycles. The standard InChI is InChI=1S/C17H26N2S/c1-10(2)12-13-11(20-14(12)16(3,4)5)9-18-15(19-13)17(6,7)8/h9-10H,1-8H3. The molecule has 0 unspecified atom stereocenters. The summed E-state index contributed by atoms with van der Waals surface area (Å²) in [5.74, 6) is 1.42. The van der Waals surface area contributed by atoms with Gasteiger partial charge in [-0.05, 0) is 16.9 Å². The normalized spacial score (nSPS) is 13.4. The Morgan fingerprint density at radius 3 is 2.05 bits per heavy atom. The van der Waals surface area contributed by atoms with Crippen molar-refractivity contribution in [2.45, 2.75) is 72.1 Å². The van der Waals surface area contributed by atoms with Crippen molar-refractivity contribution in [1.29, 1.82) is 0 Å². The Bertz CT molecular complexity index is 625. The molecule has 0 aliphatic rings. The van der Waals surface area contributed by atoms with Crippen LogP contribution in [0.3, 0.4) is 0 Å². The first-order valence-corrected chi connectivity index (χ1v) is 8.14. The van der Waals surface area contributed by atoms with E-state index in [0.717, 1.165) is 11.3 Å². The van der Waals surface area contributed by atoms with Gasteiger partial charge >= 0.3 is 0 Å². The average Bonchev–Trinajstić information content (AvgIpc) is 2.65. The predicted octanol–water partition coefficient (Wildman–Crippen LogP) is 5.41. The summed E-state index contributed by atoms with van der Waals surface area (Å²) in [6, 6.07) is 0. The van der Waals surface area contributed by atoms with Crippen molar-refractivity contribution >= 4 is 21.6 Å². The number of hydrogen-bond donors (Lipinski definition) is 0. The summed E-state index contributed by atoms with van der Waals surface area (Å²) in [4.78, 5) is 10.9. The van der Waals surface area contributed by atoms with E-state index in [1.165, 1.54) is 15.1 Å². The Morgan fingerprint density at radius 2 is 1.60 bits per heavy atom. The summed E-state index contributed by atoms with van der Waals surface area (Å²) in [6.07, 6.45) is 2.01. The molecule has 0 amide bonds. The van der Waals surface area contributed by atoms with E-state index in [2.05, 4.69) is 60.4 Å². The summed E-state index contributed by atoms with van der Waals surface area (Å²) >= 11 is 1.85. The smallest absolute Gasteiger partial charge is 0.134 e. The third kappa shape index (κ3) is 2.73. The Kier molecular flexibility index (Phi) is 3.70. The van der Waals surface area contributed by atoms with Gasteiger partial charge in [0.1, 0.15) is 5.82 Å². The Hall–Kier alpha value is -0.960. The fourth-order valence-corrected chi connectivity index (χ4v) is 3.69. The van der Waals surface area contributed by atoms with Crippen LogP contribution in [0.15, 0.2) is 6.20 Å². The monoisotopic (exact) mass is 290 g/mol. The highest BCUT2D eigenvalue weighted by Crippen LogP contribution is 2.41. The lowest BCUT2D eigenvalue weighted by molar-refractivity contribution is 0.548. The minimum atomic E-state index is -0.00767. The molecule has 0 saturated heterocycles. The zero-order valence-electron chi connectivity index (χ0n) is 14.0. The van der Waals surface area contributed by atoms with E-state index in [9.17, 15) is 0 Å². The molecule has 20 heavy (non-hydrogen) atoms. The number of nitrogens with zero attached hydrogens (tertiary/aromatic N) is 2. The number of fused-ring (bicyclic) bond motifs is 1. The van der Waals surface area contributed by atoms with E-state index in [1.807, 2.05) is 17.5 Å². The molecule has 2 aromatic heterocycles. The Morgan fingerprint density at radius 1 is 1.00 bits per heavy atom. The van der Waals surface area contributed by atoms with Crippen molar-refractivity contribution in [1.82, 2.24) is 9.97 Å². The van der Waals surface area contributed by atoms with E-state index in [4.69, 9.17) is 4.98 Å². The van der Waals surface area contributed by atoms with Gasteiger partial charge in [-0.1, -0.05) is 55.4 Å². The maximum absolute atomic E-state index is 4.90. The first kappa shape index (κ1) is 15.4. The van der Waals surface area contributed by atoms with Crippen LogP contribution in [-0.4, -0.2) is 9.97 Å². The largest absolute Gasteiger partial charge is 0.239 e. The van der Waals surface area contributed by atoms with E-state index in [-0.39, 0.29) is 10.8 Å². The third-order valence-electron chi connectivity index (χ3n) is 3.40. The van der Waals surface area contributed by atoms with E-state index in [1.54, 1.807) is 0 Å². The van der Waals surface area contributed by atoms with Gasteiger partial charge in [0, 0.05) is 16.5 Å². The van der Waals surface area contributed by atoms with Crippen LogP contribution in [0.2, 0.25) is 0 Å². The SMILES string of the molecule is CC(C)c1c(C(C)(C)C)sc2cnc(C(C)(C)C)nc12. The number of aromatic nitrogens is 2. The van der Waals surface area contributed by atoms with Gasteiger partial charge in [-0.3, -0.25) is 0 Å². The van der Waals surface area contributed by atoms with Crippen molar-refractivity contribution in [3.05, 3.63) is 22.5 Å². The number of thiophene rings is 1. The highest BCUT2D eigenvalue weighted by Gasteiger charge is 2.27. The molecular formula is C17H26N2S. The van der Waals surface area contributed by atoms with Crippen molar-refractivity contribution in [2.75, 3.05) is 0 Å². The van der Waals surface area contributed by atoms with Crippen LogP contribution in [0.5, 0.6) is 0 Å². The van der Waals surface area contributed by atoms with Crippen LogP contribution in [0.25, 0.3) is 10.2 Å². The van der Waals surface area contributed by atoms with Crippen LogP contribution < -0.4 is 0 Å². The molecular weight excluding hydrogens is 264 g/mol. The van der Waals surface area contributed by atoms with E-state index < -0.39 is 0 Å². The van der Waals surface area contributed by atoms with Gasteiger partial charge in [-0.2, -0.15) is 0 Å². The zero-order chi connectivity index (χ0) is 15.3. The zero-order valence-corrected chi connectivity index (χ0v) is 14.8. The second-order valence-corrected chi connectivity index (χ2v) is 8.96. The van der Waals surface area contributed by atoms with Crippen LogP contribution in [0.4, 0.5) is 0 Å².